The highest BCUT2D eigenvalue weighted by atomic mass is 32.2. The summed E-state index contributed by atoms with van der Waals surface area (Å²) >= 11 is 1.13. The van der Waals surface area contributed by atoms with E-state index in [0.717, 1.165) is 17.3 Å². The lowest BCUT2D eigenvalue weighted by Crippen LogP contribution is -2.30. The van der Waals surface area contributed by atoms with Crippen LogP contribution < -0.4 is 16.0 Å². The molecule has 11 heteroatoms. The van der Waals surface area contributed by atoms with E-state index in [9.17, 15) is 19.5 Å². The number of aliphatic hydroxyl groups excluding tert-OH is 1. The highest BCUT2D eigenvalue weighted by Crippen LogP contribution is 2.23. The number of hydrogen-bond donors (Lipinski definition) is 3. The van der Waals surface area contributed by atoms with Gasteiger partial charge in [0.05, 0.1) is 13.0 Å². The van der Waals surface area contributed by atoms with E-state index >= 15 is 0 Å². The van der Waals surface area contributed by atoms with Gasteiger partial charge in [0.15, 0.2) is 16.3 Å². The third kappa shape index (κ3) is 4.74. The van der Waals surface area contributed by atoms with Crippen LogP contribution in [0.25, 0.3) is 11.2 Å². The molecule has 3 rings (SSSR count). The molecule has 1 atom stereocenters. The van der Waals surface area contributed by atoms with Crippen LogP contribution in [0, 0.1) is 6.92 Å². The number of para-hydroxylation sites is 1. The highest BCUT2D eigenvalue weighted by molar-refractivity contribution is 7.99. The molecule has 0 aliphatic heterocycles. The number of carboxylic acids is 1. The zero-order valence-corrected chi connectivity index (χ0v) is 17.3. The molecule has 0 bridgehead atoms. The first-order valence-corrected chi connectivity index (χ1v) is 10.2. The first kappa shape index (κ1) is 21.7. The number of nitrogens with one attached hydrogen (secondary N) is 1. The molecular formula is C19H22N4O6S. The number of hydrogen-bond acceptors (Lipinski definition) is 7. The second kappa shape index (κ2) is 9.18. The van der Waals surface area contributed by atoms with E-state index in [-0.39, 0.29) is 36.5 Å². The van der Waals surface area contributed by atoms with Gasteiger partial charge in [0.25, 0.3) is 5.56 Å². The second-order valence-electron chi connectivity index (χ2n) is 6.72. The zero-order valence-electron chi connectivity index (χ0n) is 16.5. The summed E-state index contributed by atoms with van der Waals surface area (Å²) in [4.78, 5) is 41.7. The smallest absolute Gasteiger partial charge is 0.329 e. The molecule has 30 heavy (non-hydrogen) atoms. The predicted octanol–water partition coefficient (Wildman–Crippen LogP) is 0.738. The van der Waals surface area contributed by atoms with Crippen LogP contribution in [0.3, 0.4) is 0 Å². The second-order valence-corrected chi connectivity index (χ2v) is 7.78. The van der Waals surface area contributed by atoms with E-state index in [0.29, 0.717) is 10.9 Å². The number of aliphatic carboxylic acids is 1. The lowest BCUT2D eigenvalue weighted by Gasteiger charge is -2.16. The molecule has 0 fully saturated rings. The van der Waals surface area contributed by atoms with Gasteiger partial charge in [-0.3, -0.25) is 19.1 Å². The normalized spacial score (nSPS) is 12.2. The number of aromatic nitrogens is 4. The Morgan fingerprint density at radius 2 is 2.07 bits per heavy atom. The van der Waals surface area contributed by atoms with Crippen LogP contribution in [0.1, 0.15) is 12.0 Å². The van der Waals surface area contributed by atoms with Crippen LogP contribution in [-0.4, -0.2) is 53.7 Å². The van der Waals surface area contributed by atoms with Crippen molar-refractivity contribution in [2.75, 3.05) is 12.4 Å². The first-order chi connectivity index (χ1) is 14.3. The average molecular weight is 434 g/mol. The van der Waals surface area contributed by atoms with Gasteiger partial charge in [0.1, 0.15) is 18.5 Å². The maximum absolute atomic E-state index is 12.4. The summed E-state index contributed by atoms with van der Waals surface area (Å²) in [5, 5.41) is 19.7. The van der Waals surface area contributed by atoms with E-state index in [1.54, 1.807) is 6.07 Å². The number of benzene rings is 1. The van der Waals surface area contributed by atoms with Gasteiger partial charge in [0.2, 0.25) is 0 Å². The highest BCUT2D eigenvalue weighted by Gasteiger charge is 2.20. The van der Waals surface area contributed by atoms with Crippen molar-refractivity contribution in [2.24, 2.45) is 7.05 Å². The van der Waals surface area contributed by atoms with E-state index in [2.05, 4.69) is 9.97 Å². The van der Waals surface area contributed by atoms with Crippen LogP contribution in [0.15, 0.2) is 39.0 Å². The van der Waals surface area contributed by atoms with Crippen LogP contribution in [0.4, 0.5) is 0 Å². The van der Waals surface area contributed by atoms with Gasteiger partial charge >= 0.3 is 11.7 Å². The van der Waals surface area contributed by atoms with Crippen LogP contribution in [-0.2, 0) is 18.4 Å². The van der Waals surface area contributed by atoms with Crippen molar-refractivity contribution in [1.82, 2.24) is 19.1 Å². The van der Waals surface area contributed by atoms with E-state index in [1.807, 2.05) is 25.1 Å². The number of thioether (sulfide) groups is 1. The summed E-state index contributed by atoms with van der Waals surface area (Å²) in [7, 11) is 1.47. The lowest BCUT2D eigenvalue weighted by atomic mass is 10.2. The summed E-state index contributed by atoms with van der Waals surface area (Å²) in [5.41, 5.74) is -0.0204. The Labute approximate surface area is 175 Å². The number of imidazole rings is 1. The molecule has 2 aromatic heterocycles. The molecule has 0 aliphatic rings. The quantitative estimate of drug-likeness (QED) is 0.419. The van der Waals surface area contributed by atoms with Crippen LogP contribution in [0.5, 0.6) is 5.75 Å². The Kier molecular flexibility index (Phi) is 6.63. The lowest BCUT2D eigenvalue weighted by molar-refractivity contribution is -0.136. The minimum Gasteiger partial charge on any atom is -0.491 e. The summed E-state index contributed by atoms with van der Waals surface area (Å²) < 4.78 is 8.37. The molecule has 0 spiro atoms. The Bertz CT molecular complexity index is 1180. The predicted molar refractivity (Wildman–Crippen MR) is 111 cm³/mol. The number of H-pyrrole nitrogens is 1. The summed E-state index contributed by atoms with van der Waals surface area (Å²) in [6.45, 7) is 1.86. The molecule has 1 unspecified atom stereocenters. The van der Waals surface area contributed by atoms with Crippen LogP contribution >= 0.6 is 11.8 Å². The summed E-state index contributed by atoms with van der Waals surface area (Å²) in [6, 6.07) is 7.40. The van der Waals surface area contributed by atoms with Crippen molar-refractivity contribution in [2.45, 2.75) is 31.1 Å². The van der Waals surface area contributed by atoms with Gasteiger partial charge in [-0.2, -0.15) is 0 Å². The molecule has 0 radical (unpaired) electrons. The van der Waals surface area contributed by atoms with Gasteiger partial charge in [-0.15, -0.1) is 0 Å². The van der Waals surface area contributed by atoms with Crippen LogP contribution in [0.2, 0.25) is 0 Å². The van der Waals surface area contributed by atoms with Crippen molar-refractivity contribution < 1.29 is 19.7 Å². The van der Waals surface area contributed by atoms with E-state index < -0.39 is 23.3 Å². The number of rotatable bonds is 9. The largest absolute Gasteiger partial charge is 0.491 e. The van der Waals surface area contributed by atoms with E-state index in [1.165, 1.54) is 16.2 Å². The minimum atomic E-state index is -0.975. The number of aromatic amines is 1. The fraction of sp³-hybridized carbons (Fsp3) is 0.368. The number of aliphatic hydroxyl groups is 1. The van der Waals surface area contributed by atoms with Gasteiger partial charge in [-0.05, 0) is 18.6 Å². The molecule has 3 aromatic rings. The molecule has 0 amide bonds. The fourth-order valence-corrected chi connectivity index (χ4v) is 3.82. The number of fused-ring (bicyclic) bond motifs is 1. The Morgan fingerprint density at radius 3 is 2.77 bits per heavy atom. The van der Waals surface area contributed by atoms with Gasteiger partial charge in [-0.1, -0.05) is 30.0 Å². The number of carboxylic acid groups (broad SMARTS) is 1. The molecule has 10 nitrogen and oxygen atoms in total. The Hall–Kier alpha value is -3.05. The van der Waals surface area contributed by atoms with Gasteiger partial charge < -0.3 is 19.5 Å². The topological polar surface area (TPSA) is 139 Å². The van der Waals surface area contributed by atoms with Crippen molar-refractivity contribution in [3.05, 3.63) is 50.7 Å². The molecule has 0 saturated carbocycles. The van der Waals surface area contributed by atoms with Crippen molar-refractivity contribution in [3.8, 4) is 5.75 Å². The molecular weight excluding hydrogens is 412 g/mol. The standard InChI is InChI=1S/C19H22N4O6S/c1-11-5-3-4-6-13(11)29-10-12(24)9-23-15-16(22(2)18(28)21-17(15)27)20-19(23)30-8-7-14(25)26/h3-6,12,24H,7-10H2,1-2H3,(H,25,26)(H,21,27,28). The summed E-state index contributed by atoms with van der Waals surface area (Å²) in [6.07, 6.45) is -1.07. The maximum Gasteiger partial charge on any atom is 0.329 e. The molecule has 1 aromatic carbocycles. The molecule has 160 valence electrons. The molecule has 0 saturated heterocycles. The van der Waals surface area contributed by atoms with Crippen molar-refractivity contribution in [3.63, 3.8) is 0 Å². The number of nitrogens with zero attached hydrogens (tertiary/aromatic N) is 3. The van der Waals surface area contributed by atoms with E-state index in [4.69, 9.17) is 9.84 Å². The monoisotopic (exact) mass is 434 g/mol. The zero-order chi connectivity index (χ0) is 21.8. The number of ether oxygens (including phenoxy) is 1. The molecule has 0 aliphatic carbocycles. The Balaban J connectivity index is 1.88. The maximum atomic E-state index is 12.4. The Morgan fingerprint density at radius 1 is 1.33 bits per heavy atom. The van der Waals surface area contributed by atoms with Crippen molar-refractivity contribution >= 4 is 28.9 Å². The van der Waals surface area contributed by atoms with Gasteiger partial charge in [-0.25, -0.2) is 9.78 Å². The van der Waals surface area contributed by atoms with Gasteiger partial charge in [0, 0.05) is 12.8 Å². The third-order valence-electron chi connectivity index (χ3n) is 4.44. The first-order valence-electron chi connectivity index (χ1n) is 9.18. The number of carbonyl (C=O) groups is 1. The minimum absolute atomic E-state index is 0.0148. The summed E-state index contributed by atoms with van der Waals surface area (Å²) in [5.74, 6) is -0.0919. The fourth-order valence-electron chi connectivity index (χ4n) is 2.89. The third-order valence-corrected chi connectivity index (χ3v) is 5.42. The number of aryl methyl sites for hydroxylation is 2. The SMILES string of the molecule is Cc1ccccc1OCC(O)Cn1c(SCCC(=O)O)nc2c1c(=O)[nH]c(=O)n2C. The molecule has 3 N–H and O–H groups in total. The average Bonchev–Trinajstić information content (AvgIpc) is 3.04. The van der Waals surface area contributed by atoms with Crippen molar-refractivity contribution in [1.29, 1.82) is 0 Å². The molecule has 2 heterocycles.